The fourth-order valence-electron chi connectivity index (χ4n) is 15.4. The summed E-state index contributed by atoms with van der Waals surface area (Å²) >= 11 is 5.23. The van der Waals surface area contributed by atoms with Crippen molar-refractivity contribution in [1.82, 2.24) is 5.32 Å². The van der Waals surface area contributed by atoms with Gasteiger partial charge in [0.25, 0.3) is 0 Å². The molecule has 4 unspecified atom stereocenters. The number of carbonyl (C=O) groups is 1. The van der Waals surface area contributed by atoms with Crippen molar-refractivity contribution in [2.45, 2.75) is 259 Å². The number of hydrogen-bond acceptors (Lipinski definition) is 3. The molecule has 0 aromatic heterocycles. The number of aryl methyl sites for hydroxylation is 1. The first-order valence-corrected chi connectivity index (χ1v) is 34.2. The van der Waals surface area contributed by atoms with Crippen molar-refractivity contribution < 1.29 is 9.28 Å². The van der Waals surface area contributed by atoms with Crippen molar-refractivity contribution >= 4 is 32.8 Å². The van der Waals surface area contributed by atoms with Gasteiger partial charge >= 0.3 is 0 Å². The molecule has 0 aliphatic carbocycles. The molecule has 83 heavy (non-hydrogen) atoms. The zero-order valence-corrected chi connectivity index (χ0v) is 61.5. The molecule has 0 fully saturated rings. The van der Waals surface area contributed by atoms with Crippen LogP contribution in [0.2, 0.25) is 0 Å². The molecule has 4 rings (SSSR count). The van der Waals surface area contributed by atoms with E-state index in [2.05, 4.69) is 313 Å². The van der Waals surface area contributed by atoms with Gasteiger partial charge in [0.1, 0.15) is 6.54 Å². The van der Waals surface area contributed by atoms with Crippen LogP contribution in [0.4, 0.5) is 0 Å². The van der Waals surface area contributed by atoms with E-state index in [1.165, 1.54) is 69.1 Å². The van der Waals surface area contributed by atoms with Gasteiger partial charge in [0.15, 0.2) is 5.12 Å². The minimum atomic E-state index is -0.254. The second-order valence-electron chi connectivity index (χ2n) is 34.4. The number of nitrogens with zero attached hydrogens (tertiary/aromatic N) is 1. The Morgan fingerprint density at radius 1 is 0.518 bits per heavy atom. The van der Waals surface area contributed by atoms with Gasteiger partial charge in [-0.3, -0.25) is 4.79 Å². The van der Waals surface area contributed by atoms with Crippen LogP contribution >= 0.6 is 27.7 Å². The lowest BCUT2D eigenvalue weighted by molar-refractivity contribution is -0.909. The maximum absolute atomic E-state index is 12.3. The predicted molar refractivity (Wildman–Crippen MR) is 372 cm³/mol. The number of carbonyl (C=O) groups excluding carboxylic acids is 1. The molecule has 0 amide bonds. The van der Waals surface area contributed by atoms with Crippen LogP contribution in [0, 0.1) is 61.1 Å². The van der Waals surface area contributed by atoms with E-state index in [0.29, 0.717) is 17.1 Å². The lowest BCUT2D eigenvalue weighted by Gasteiger charge is -2.62. The van der Waals surface area contributed by atoms with Gasteiger partial charge in [0.2, 0.25) is 0 Å². The van der Waals surface area contributed by atoms with E-state index < -0.39 is 0 Å². The summed E-state index contributed by atoms with van der Waals surface area (Å²) in [6.07, 6.45) is 5.60. The van der Waals surface area contributed by atoms with Gasteiger partial charge in [-0.1, -0.05) is 289 Å². The maximum atomic E-state index is 12.3. The summed E-state index contributed by atoms with van der Waals surface area (Å²) in [4.78, 5) is 12.3. The van der Waals surface area contributed by atoms with Crippen LogP contribution < -0.4 is 5.32 Å². The SMILES string of the molecule is CCCC(C)(C)C[N+](C)(C)Cc1ccc(C(CC(C)(C)C(C)(C)C(c2ccc(CBr)cc2)C(C)(C)C(C)(C)C(CC(C)(C)C(C)(C)C(CC(C)(C)C)c2ccc(C)cc2)c2ccc(CSC(C)=O)cc2)C(C)(C)C(C)(C)C(C)(C)NC)cc1. The molecule has 0 aliphatic rings. The average Bonchev–Trinajstić information content (AvgIpc) is 1.10. The Morgan fingerprint density at radius 2 is 0.916 bits per heavy atom. The van der Waals surface area contributed by atoms with E-state index in [1.807, 2.05) is 0 Å². The molecular weight excluding hydrogens is 1090 g/mol. The van der Waals surface area contributed by atoms with E-state index in [-0.39, 0.29) is 77.1 Å². The predicted octanol–water partition coefficient (Wildman–Crippen LogP) is 22.9. The second-order valence-corrected chi connectivity index (χ2v) is 36.1. The number of quaternary nitrogens is 1. The molecule has 4 aromatic carbocycles. The van der Waals surface area contributed by atoms with Crippen LogP contribution in [-0.4, -0.2) is 42.8 Å². The molecule has 4 atom stereocenters. The van der Waals surface area contributed by atoms with Crippen molar-refractivity contribution in [1.29, 1.82) is 0 Å². The lowest BCUT2D eigenvalue weighted by Crippen LogP contribution is -2.58. The van der Waals surface area contributed by atoms with Gasteiger partial charge in [0, 0.05) is 34.5 Å². The third kappa shape index (κ3) is 16.7. The van der Waals surface area contributed by atoms with E-state index in [0.717, 1.165) is 42.2 Å². The molecule has 0 heterocycles. The molecule has 0 saturated heterocycles. The van der Waals surface area contributed by atoms with Gasteiger partial charge in [-0.15, -0.1) is 0 Å². The molecule has 4 aromatic rings. The molecule has 1 N–H and O–H groups in total. The molecule has 0 bridgehead atoms. The normalized spacial score (nSPS) is 15.7. The number of hydrogen-bond donors (Lipinski definition) is 1. The summed E-state index contributed by atoms with van der Waals surface area (Å²) in [5.74, 6) is 1.63. The quantitative estimate of drug-likeness (QED) is 0.0434. The highest BCUT2D eigenvalue weighted by molar-refractivity contribution is 9.08. The van der Waals surface area contributed by atoms with Gasteiger partial charge in [-0.25, -0.2) is 0 Å². The molecule has 5 heteroatoms. The highest BCUT2D eigenvalue weighted by Crippen LogP contribution is 2.69. The molecule has 0 saturated carbocycles. The number of benzene rings is 4. The molecule has 466 valence electrons. The van der Waals surface area contributed by atoms with Crippen molar-refractivity contribution in [3.63, 3.8) is 0 Å². The molecule has 0 spiro atoms. The number of thioether (sulfide) groups is 1. The summed E-state index contributed by atoms with van der Waals surface area (Å²) < 4.78 is 0.975. The standard InChI is InChI=1S/C78H126BrN2OS/c1-30-47-69(7,8)54-81(28,29)52-58-35-41-62(42-36-58)66(74(17,18)77(23,24)78(25,26)80-27)50-71(11,12)75(19,20)67(63-45-33-57(51-79)34-46-63)76(21,22)73(15,16)65(61-43-37-59(38-44-61)53-83-56(3)82)49-70(9,10)72(13,14)64(48-68(4,5)6)60-39-31-55(2)32-40-60/h31-46,64-67,80H,30,47-54H2,1-29H3/q+1. The van der Waals surface area contributed by atoms with Crippen LogP contribution in [0.25, 0.3) is 0 Å². The van der Waals surface area contributed by atoms with Crippen LogP contribution in [0.1, 0.15) is 273 Å². The first kappa shape index (κ1) is 72.8. The maximum Gasteiger partial charge on any atom is 0.186 e. The summed E-state index contributed by atoms with van der Waals surface area (Å²) in [6.45, 7) is 67.0. The van der Waals surface area contributed by atoms with Crippen LogP contribution in [-0.2, 0) is 22.4 Å². The Bertz CT molecular complexity index is 2690. The van der Waals surface area contributed by atoms with Gasteiger partial charge in [-0.2, -0.15) is 0 Å². The average molecular weight is 1220 g/mol. The molecule has 3 nitrogen and oxygen atoms in total. The Balaban J connectivity index is 2.03. The summed E-state index contributed by atoms with van der Waals surface area (Å²) in [5.41, 5.74) is 9.96. The van der Waals surface area contributed by atoms with Crippen LogP contribution in [0.5, 0.6) is 0 Å². The van der Waals surface area contributed by atoms with Crippen molar-refractivity contribution in [3.8, 4) is 0 Å². The first-order valence-electron chi connectivity index (χ1n) is 32.1. The first-order chi connectivity index (χ1) is 37.6. The highest BCUT2D eigenvalue weighted by atomic mass is 79.9. The molecule has 0 radical (unpaired) electrons. The number of nitrogens with one attached hydrogen (secondary N) is 1. The van der Waals surface area contributed by atoms with E-state index in [1.54, 1.807) is 6.92 Å². The zero-order valence-electron chi connectivity index (χ0n) is 59.1. The van der Waals surface area contributed by atoms with Crippen LogP contribution in [0.3, 0.4) is 0 Å². The topological polar surface area (TPSA) is 29.1 Å². The number of rotatable bonds is 29. The Morgan fingerprint density at radius 3 is 1.34 bits per heavy atom. The fourth-order valence-corrected chi connectivity index (χ4v) is 16.4. The van der Waals surface area contributed by atoms with E-state index in [4.69, 9.17) is 0 Å². The minimum Gasteiger partial charge on any atom is -0.324 e. The highest BCUT2D eigenvalue weighted by Gasteiger charge is 2.60. The second kappa shape index (κ2) is 26.6. The number of alkyl halides is 1. The fraction of sp³-hybridized carbons (Fsp3) is 0.679. The lowest BCUT2D eigenvalue weighted by atomic mass is 9.42. The smallest absolute Gasteiger partial charge is 0.186 e. The summed E-state index contributed by atoms with van der Waals surface area (Å²) in [6, 6.07) is 38.7. The summed E-state index contributed by atoms with van der Waals surface area (Å²) in [7, 11) is 6.99. The van der Waals surface area contributed by atoms with Gasteiger partial charge < -0.3 is 9.80 Å². The number of halogens is 1. The Labute approximate surface area is 526 Å². The molecule has 0 aliphatic heterocycles. The van der Waals surface area contributed by atoms with Gasteiger partial charge in [0.05, 0.1) is 20.6 Å². The van der Waals surface area contributed by atoms with Crippen molar-refractivity contribution in [3.05, 3.63) is 142 Å². The molecular formula is C78H126BrN2OS+. The monoisotopic (exact) mass is 1220 g/mol. The largest absolute Gasteiger partial charge is 0.324 e. The van der Waals surface area contributed by atoms with E-state index >= 15 is 0 Å². The third-order valence-corrected chi connectivity index (χ3v) is 25.3. The zero-order chi connectivity index (χ0) is 63.6. The Hall–Kier alpha value is -2.70. The van der Waals surface area contributed by atoms with Crippen molar-refractivity contribution in [2.24, 2.45) is 54.1 Å². The minimum absolute atomic E-state index is 0.0746. The van der Waals surface area contributed by atoms with Crippen LogP contribution in [0.15, 0.2) is 97.1 Å². The van der Waals surface area contributed by atoms with Gasteiger partial charge in [-0.05, 0) is 159 Å². The van der Waals surface area contributed by atoms with E-state index in [9.17, 15) is 4.79 Å². The Kier molecular flexibility index (Phi) is 23.3. The third-order valence-electron chi connectivity index (χ3n) is 23.8. The van der Waals surface area contributed by atoms with Crippen molar-refractivity contribution in [2.75, 3.05) is 27.7 Å². The summed E-state index contributed by atoms with van der Waals surface area (Å²) in [5, 5.41) is 4.79.